The molecule has 0 aromatic heterocycles. The molecule has 0 spiro atoms. The lowest BCUT2D eigenvalue weighted by Gasteiger charge is -2.24. The molecule has 0 unspecified atom stereocenters. The van der Waals surface area contributed by atoms with E-state index in [4.69, 9.17) is 28.9 Å². The minimum absolute atomic E-state index is 0.0601. The highest BCUT2D eigenvalue weighted by Gasteiger charge is 2.15. The lowest BCUT2D eigenvalue weighted by Crippen LogP contribution is -2.42. The number of carbonyl (C=O) groups is 2. The van der Waals surface area contributed by atoms with Crippen LogP contribution in [0.4, 0.5) is 0 Å². The summed E-state index contributed by atoms with van der Waals surface area (Å²) in [6.45, 7) is 5.02. The van der Waals surface area contributed by atoms with E-state index in [-0.39, 0.29) is 24.9 Å². The molecule has 1 aromatic rings. The molecule has 0 fully saturated rings. The lowest BCUT2D eigenvalue weighted by atomic mass is 10.1. The van der Waals surface area contributed by atoms with Gasteiger partial charge in [-0.25, -0.2) is 0 Å². The van der Waals surface area contributed by atoms with E-state index < -0.39 is 0 Å². The summed E-state index contributed by atoms with van der Waals surface area (Å²) in [5.74, 6) is -0.0343. The molecule has 0 saturated heterocycles. The molecule has 23 heavy (non-hydrogen) atoms. The van der Waals surface area contributed by atoms with E-state index in [0.29, 0.717) is 29.1 Å². The van der Waals surface area contributed by atoms with Gasteiger partial charge in [0.2, 0.25) is 11.8 Å². The van der Waals surface area contributed by atoms with E-state index in [1.807, 2.05) is 6.07 Å². The molecule has 5 nitrogen and oxygen atoms in total. The van der Waals surface area contributed by atoms with Gasteiger partial charge in [-0.2, -0.15) is 0 Å². The van der Waals surface area contributed by atoms with Crippen molar-refractivity contribution in [2.45, 2.75) is 26.8 Å². The van der Waals surface area contributed by atoms with Gasteiger partial charge in [0.25, 0.3) is 0 Å². The molecular weight excluding hydrogens is 337 g/mol. The predicted molar refractivity (Wildman–Crippen MR) is 93.4 cm³/mol. The molecule has 0 radical (unpaired) electrons. The molecule has 0 heterocycles. The number of amides is 2. The first-order valence-corrected chi connectivity index (χ1v) is 8.27. The molecule has 0 aliphatic rings. The monoisotopic (exact) mass is 359 g/mol. The Kier molecular flexibility index (Phi) is 8.37. The lowest BCUT2D eigenvalue weighted by molar-refractivity contribution is -0.133. The molecule has 128 valence electrons. The minimum atomic E-state index is -0.350. The van der Waals surface area contributed by atoms with Gasteiger partial charge in [0.15, 0.2) is 0 Å². The number of nitrogens with one attached hydrogen (secondary N) is 1. The van der Waals surface area contributed by atoms with Crippen molar-refractivity contribution in [3.05, 3.63) is 33.8 Å². The normalized spacial score (nSPS) is 10.7. The summed E-state index contributed by atoms with van der Waals surface area (Å²) in [6, 6.07) is 5.29. The topological polar surface area (TPSA) is 75.4 Å². The van der Waals surface area contributed by atoms with Crippen molar-refractivity contribution < 1.29 is 9.59 Å². The third-order valence-electron chi connectivity index (χ3n) is 3.31. The van der Waals surface area contributed by atoms with Crippen LogP contribution in [0.15, 0.2) is 18.2 Å². The van der Waals surface area contributed by atoms with Crippen molar-refractivity contribution in [1.29, 1.82) is 0 Å². The van der Waals surface area contributed by atoms with Crippen molar-refractivity contribution in [2.75, 3.05) is 19.6 Å². The average molecular weight is 360 g/mol. The van der Waals surface area contributed by atoms with E-state index in [9.17, 15) is 9.59 Å². The second-order valence-electron chi connectivity index (χ2n) is 5.73. The molecular formula is C16H23Cl2N3O2. The summed E-state index contributed by atoms with van der Waals surface area (Å²) in [4.78, 5) is 25.3. The van der Waals surface area contributed by atoms with Crippen LogP contribution in [0.2, 0.25) is 10.0 Å². The number of benzene rings is 1. The van der Waals surface area contributed by atoms with Crippen LogP contribution in [0.25, 0.3) is 0 Å². The van der Waals surface area contributed by atoms with Gasteiger partial charge >= 0.3 is 0 Å². The highest BCUT2D eigenvalue weighted by molar-refractivity contribution is 6.42. The van der Waals surface area contributed by atoms with Crippen LogP contribution in [0.3, 0.4) is 0 Å². The van der Waals surface area contributed by atoms with Crippen LogP contribution in [0.1, 0.15) is 25.8 Å². The van der Waals surface area contributed by atoms with E-state index in [2.05, 4.69) is 19.2 Å². The first-order chi connectivity index (χ1) is 10.8. The quantitative estimate of drug-likeness (QED) is 0.748. The summed E-state index contributed by atoms with van der Waals surface area (Å²) in [7, 11) is 0. The molecule has 3 N–H and O–H groups in total. The first kappa shape index (κ1) is 19.7. The van der Waals surface area contributed by atoms with Gasteiger partial charge in [0.1, 0.15) is 0 Å². The number of hydrogen-bond acceptors (Lipinski definition) is 3. The standard InChI is InChI=1S/C16H23Cl2N3O2/c1-11(2)5-6-21(16(23)9-20-15(22)8-19)10-12-3-4-13(17)14(18)7-12/h3-4,7,11H,5-6,8-10,19H2,1-2H3,(H,20,22). The van der Waals surface area contributed by atoms with Gasteiger partial charge < -0.3 is 16.0 Å². The molecule has 0 bridgehead atoms. The van der Waals surface area contributed by atoms with Crippen LogP contribution in [-0.2, 0) is 16.1 Å². The van der Waals surface area contributed by atoms with E-state index in [0.717, 1.165) is 12.0 Å². The molecule has 7 heteroatoms. The van der Waals surface area contributed by atoms with E-state index in [1.165, 1.54) is 0 Å². The highest BCUT2D eigenvalue weighted by atomic mass is 35.5. The molecule has 2 amide bonds. The summed E-state index contributed by atoms with van der Waals surface area (Å²) >= 11 is 11.9. The van der Waals surface area contributed by atoms with Gasteiger partial charge in [-0.15, -0.1) is 0 Å². The third kappa shape index (κ3) is 7.20. The number of nitrogens with zero attached hydrogens (tertiary/aromatic N) is 1. The summed E-state index contributed by atoms with van der Waals surface area (Å²) in [5.41, 5.74) is 6.11. The second-order valence-corrected chi connectivity index (χ2v) is 6.54. The minimum Gasteiger partial charge on any atom is -0.346 e. The maximum absolute atomic E-state index is 12.3. The number of halogens is 2. The molecule has 1 aromatic carbocycles. The number of rotatable bonds is 8. The van der Waals surface area contributed by atoms with Crippen molar-refractivity contribution in [3.63, 3.8) is 0 Å². The first-order valence-electron chi connectivity index (χ1n) is 7.52. The Balaban J connectivity index is 2.75. The highest BCUT2D eigenvalue weighted by Crippen LogP contribution is 2.23. The smallest absolute Gasteiger partial charge is 0.242 e. The molecule has 0 atom stereocenters. The number of carbonyl (C=O) groups excluding carboxylic acids is 2. The maximum atomic E-state index is 12.3. The van der Waals surface area contributed by atoms with Crippen LogP contribution < -0.4 is 11.1 Å². The Hall–Kier alpha value is -1.30. The molecule has 1 rings (SSSR count). The SMILES string of the molecule is CC(C)CCN(Cc1ccc(Cl)c(Cl)c1)C(=O)CNC(=O)CN. The zero-order valence-corrected chi connectivity index (χ0v) is 15.0. The van der Waals surface area contributed by atoms with Gasteiger partial charge in [-0.1, -0.05) is 43.1 Å². The zero-order valence-electron chi connectivity index (χ0n) is 13.4. The predicted octanol–water partition coefficient (Wildman–Crippen LogP) is 2.44. The summed E-state index contributed by atoms with van der Waals surface area (Å²) in [6.07, 6.45) is 0.873. The number of nitrogens with two attached hydrogens (primary N) is 1. The second kappa shape index (κ2) is 9.75. The Bertz CT molecular complexity index is 550. The van der Waals surface area contributed by atoms with Crippen LogP contribution >= 0.6 is 23.2 Å². The van der Waals surface area contributed by atoms with Crippen LogP contribution in [0.5, 0.6) is 0 Å². The molecule has 0 saturated carbocycles. The zero-order chi connectivity index (χ0) is 17.4. The van der Waals surface area contributed by atoms with Gasteiger partial charge in [0, 0.05) is 13.1 Å². The van der Waals surface area contributed by atoms with E-state index >= 15 is 0 Å². The average Bonchev–Trinajstić information content (AvgIpc) is 2.51. The molecule has 0 aliphatic heterocycles. The van der Waals surface area contributed by atoms with Crippen molar-refractivity contribution in [2.24, 2.45) is 11.7 Å². The van der Waals surface area contributed by atoms with Crippen molar-refractivity contribution in [3.8, 4) is 0 Å². The largest absolute Gasteiger partial charge is 0.346 e. The van der Waals surface area contributed by atoms with Crippen molar-refractivity contribution in [1.82, 2.24) is 10.2 Å². The third-order valence-corrected chi connectivity index (χ3v) is 4.05. The fraction of sp³-hybridized carbons (Fsp3) is 0.500. The summed E-state index contributed by atoms with van der Waals surface area (Å²) < 4.78 is 0. The Morgan fingerprint density at radius 1 is 1.26 bits per heavy atom. The Morgan fingerprint density at radius 3 is 2.52 bits per heavy atom. The van der Waals surface area contributed by atoms with Gasteiger partial charge in [-0.3, -0.25) is 9.59 Å². The van der Waals surface area contributed by atoms with E-state index in [1.54, 1.807) is 17.0 Å². The summed E-state index contributed by atoms with van der Waals surface area (Å²) in [5, 5.41) is 3.44. The van der Waals surface area contributed by atoms with Crippen LogP contribution in [0, 0.1) is 5.92 Å². The van der Waals surface area contributed by atoms with Gasteiger partial charge in [0.05, 0.1) is 23.1 Å². The molecule has 0 aliphatic carbocycles. The van der Waals surface area contributed by atoms with Crippen molar-refractivity contribution >= 4 is 35.0 Å². The van der Waals surface area contributed by atoms with Gasteiger partial charge in [-0.05, 0) is 30.0 Å². The fourth-order valence-corrected chi connectivity index (χ4v) is 2.24. The van der Waals surface area contributed by atoms with Crippen LogP contribution in [-0.4, -0.2) is 36.3 Å². The number of hydrogen-bond donors (Lipinski definition) is 2. The Labute approximate surface area is 147 Å². The fourth-order valence-electron chi connectivity index (χ4n) is 1.92. The Morgan fingerprint density at radius 2 is 1.96 bits per heavy atom. The maximum Gasteiger partial charge on any atom is 0.242 e.